The van der Waals surface area contributed by atoms with E-state index in [1.807, 2.05) is 36.5 Å². The van der Waals surface area contributed by atoms with Crippen molar-refractivity contribution in [1.29, 1.82) is 0 Å². The maximum absolute atomic E-state index is 6.14. The second-order valence-corrected chi connectivity index (χ2v) is 5.26. The molecule has 2 nitrogen and oxygen atoms in total. The van der Waals surface area contributed by atoms with Crippen molar-refractivity contribution in [2.24, 2.45) is 5.73 Å². The van der Waals surface area contributed by atoms with E-state index < -0.39 is 0 Å². The first-order valence-corrected chi connectivity index (χ1v) is 7.18. The normalized spacial score (nSPS) is 10.6. The summed E-state index contributed by atoms with van der Waals surface area (Å²) in [5.74, 6) is 0.828. The summed E-state index contributed by atoms with van der Waals surface area (Å²) in [6, 6.07) is 11.9. The Balaban J connectivity index is 2.08. The number of hydrogen-bond acceptors (Lipinski definition) is 3. The lowest BCUT2D eigenvalue weighted by molar-refractivity contribution is 0.911. The SMILES string of the molecule is NCCc1cccnc1SCc1ccccc1Cl. The lowest BCUT2D eigenvalue weighted by atomic mass is 10.2. The van der Waals surface area contributed by atoms with Crippen LogP contribution in [0.4, 0.5) is 0 Å². The Hall–Kier alpha value is -1.03. The van der Waals surface area contributed by atoms with Gasteiger partial charge < -0.3 is 5.73 Å². The molecule has 2 aromatic rings. The van der Waals surface area contributed by atoms with Crippen LogP contribution in [0.15, 0.2) is 47.6 Å². The minimum Gasteiger partial charge on any atom is -0.330 e. The molecule has 1 heterocycles. The smallest absolute Gasteiger partial charge is 0.0995 e. The molecule has 4 heteroatoms. The van der Waals surface area contributed by atoms with E-state index in [1.54, 1.807) is 11.8 Å². The molecule has 0 aliphatic carbocycles. The molecule has 0 saturated heterocycles. The average Bonchev–Trinajstić information content (AvgIpc) is 2.40. The molecule has 0 aliphatic heterocycles. The third-order valence-corrected chi connectivity index (χ3v) is 4.05. The molecule has 2 N–H and O–H groups in total. The fourth-order valence-electron chi connectivity index (χ4n) is 1.66. The molecule has 0 unspecified atom stereocenters. The summed E-state index contributed by atoms with van der Waals surface area (Å²) in [5.41, 5.74) is 7.94. The van der Waals surface area contributed by atoms with E-state index in [0.29, 0.717) is 6.54 Å². The van der Waals surface area contributed by atoms with Crippen LogP contribution in [0.1, 0.15) is 11.1 Å². The minimum absolute atomic E-state index is 0.644. The molecule has 18 heavy (non-hydrogen) atoms. The van der Waals surface area contributed by atoms with Crippen LogP contribution in [-0.2, 0) is 12.2 Å². The summed E-state index contributed by atoms with van der Waals surface area (Å²) in [6.45, 7) is 0.644. The minimum atomic E-state index is 0.644. The Kier molecular flexibility index (Phi) is 5.05. The van der Waals surface area contributed by atoms with E-state index in [9.17, 15) is 0 Å². The van der Waals surface area contributed by atoms with Gasteiger partial charge in [-0.25, -0.2) is 4.98 Å². The van der Waals surface area contributed by atoms with Crippen LogP contribution < -0.4 is 5.73 Å². The summed E-state index contributed by atoms with van der Waals surface area (Å²) in [5, 5.41) is 1.85. The highest BCUT2D eigenvalue weighted by Gasteiger charge is 2.05. The Morgan fingerprint density at radius 1 is 1.11 bits per heavy atom. The van der Waals surface area contributed by atoms with Crippen LogP contribution in [0.5, 0.6) is 0 Å². The van der Waals surface area contributed by atoms with Crippen molar-refractivity contribution in [1.82, 2.24) is 4.98 Å². The van der Waals surface area contributed by atoms with Gasteiger partial charge in [0.15, 0.2) is 0 Å². The molecule has 1 aromatic carbocycles. The molecule has 1 aromatic heterocycles. The van der Waals surface area contributed by atoms with Gasteiger partial charge >= 0.3 is 0 Å². The fourth-order valence-corrected chi connectivity index (χ4v) is 2.98. The number of nitrogens with two attached hydrogens (primary N) is 1. The van der Waals surface area contributed by atoms with Gasteiger partial charge in [-0.1, -0.05) is 35.9 Å². The van der Waals surface area contributed by atoms with Crippen molar-refractivity contribution in [2.45, 2.75) is 17.2 Å². The van der Waals surface area contributed by atoms with Crippen molar-refractivity contribution in [3.8, 4) is 0 Å². The van der Waals surface area contributed by atoms with Gasteiger partial charge in [-0.05, 0) is 36.2 Å². The second kappa shape index (κ2) is 6.78. The number of nitrogens with zero attached hydrogens (tertiary/aromatic N) is 1. The molecule has 0 saturated carbocycles. The lowest BCUT2D eigenvalue weighted by Gasteiger charge is -2.07. The molecule has 0 amide bonds. The van der Waals surface area contributed by atoms with Gasteiger partial charge in [0.2, 0.25) is 0 Å². The van der Waals surface area contributed by atoms with Crippen LogP contribution in [0, 0.1) is 0 Å². The first-order chi connectivity index (χ1) is 8.81. The van der Waals surface area contributed by atoms with Gasteiger partial charge in [-0.15, -0.1) is 11.8 Å². The third kappa shape index (κ3) is 3.48. The zero-order valence-corrected chi connectivity index (χ0v) is 11.5. The van der Waals surface area contributed by atoms with Crippen molar-refractivity contribution < 1.29 is 0 Å². The molecule has 94 valence electrons. The number of hydrogen-bond donors (Lipinski definition) is 1. The molecular formula is C14H15ClN2S. The van der Waals surface area contributed by atoms with Gasteiger partial charge in [0.25, 0.3) is 0 Å². The number of thioether (sulfide) groups is 1. The van der Waals surface area contributed by atoms with Gasteiger partial charge in [-0.2, -0.15) is 0 Å². The van der Waals surface area contributed by atoms with Gasteiger partial charge in [0.05, 0.1) is 5.03 Å². The Bertz CT molecular complexity index is 517. The summed E-state index contributed by atoms with van der Waals surface area (Å²) in [7, 11) is 0. The highest BCUT2D eigenvalue weighted by Crippen LogP contribution is 2.27. The highest BCUT2D eigenvalue weighted by atomic mass is 35.5. The second-order valence-electron chi connectivity index (χ2n) is 3.89. The van der Waals surface area contributed by atoms with E-state index in [2.05, 4.69) is 11.1 Å². The van der Waals surface area contributed by atoms with Crippen LogP contribution in [0.3, 0.4) is 0 Å². The summed E-state index contributed by atoms with van der Waals surface area (Å²) < 4.78 is 0. The fraction of sp³-hybridized carbons (Fsp3) is 0.214. The number of benzene rings is 1. The maximum Gasteiger partial charge on any atom is 0.0995 e. The van der Waals surface area contributed by atoms with Crippen LogP contribution in [0.25, 0.3) is 0 Å². The number of aromatic nitrogens is 1. The van der Waals surface area contributed by atoms with E-state index in [4.69, 9.17) is 17.3 Å². The number of rotatable bonds is 5. The summed E-state index contributed by atoms with van der Waals surface area (Å²) in [6.07, 6.45) is 2.67. The molecule has 2 rings (SSSR count). The molecule has 0 atom stereocenters. The molecule has 0 fully saturated rings. The zero-order chi connectivity index (χ0) is 12.8. The molecular weight excluding hydrogens is 264 g/mol. The van der Waals surface area contributed by atoms with Crippen molar-refractivity contribution in [2.75, 3.05) is 6.54 Å². The summed E-state index contributed by atoms with van der Waals surface area (Å²) >= 11 is 7.84. The van der Waals surface area contributed by atoms with Crippen molar-refractivity contribution in [3.05, 3.63) is 58.7 Å². The molecule has 0 bridgehead atoms. The first-order valence-electron chi connectivity index (χ1n) is 5.81. The average molecular weight is 279 g/mol. The summed E-state index contributed by atoms with van der Waals surface area (Å²) in [4.78, 5) is 4.41. The van der Waals surface area contributed by atoms with Gasteiger partial charge in [0, 0.05) is 17.0 Å². The van der Waals surface area contributed by atoms with Crippen LogP contribution in [0.2, 0.25) is 5.02 Å². The Labute approximate surface area is 117 Å². The predicted octanol–water partition coefficient (Wildman–Crippen LogP) is 3.53. The molecule has 0 radical (unpaired) electrons. The van der Waals surface area contributed by atoms with E-state index in [1.165, 1.54) is 5.56 Å². The maximum atomic E-state index is 6.14. The van der Waals surface area contributed by atoms with Crippen molar-refractivity contribution in [3.63, 3.8) is 0 Å². The first kappa shape index (κ1) is 13.4. The number of halogens is 1. The third-order valence-electron chi connectivity index (χ3n) is 2.59. The standard InChI is InChI=1S/C14H15ClN2S/c15-13-6-2-1-4-12(13)10-18-14-11(7-8-16)5-3-9-17-14/h1-6,9H,7-8,10,16H2. The monoisotopic (exact) mass is 278 g/mol. The van der Waals surface area contributed by atoms with Crippen molar-refractivity contribution >= 4 is 23.4 Å². The molecule has 0 aliphatic rings. The topological polar surface area (TPSA) is 38.9 Å². The van der Waals surface area contributed by atoms with E-state index in [0.717, 1.165) is 27.8 Å². The predicted molar refractivity (Wildman–Crippen MR) is 78.0 cm³/mol. The van der Waals surface area contributed by atoms with Gasteiger partial charge in [-0.3, -0.25) is 0 Å². The Morgan fingerprint density at radius 3 is 2.67 bits per heavy atom. The number of pyridine rings is 1. The zero-order valence-electron chi connectivity index (χ0n) is 9.97. The highest BCUT2D eigenvalue weighted by molar-refractivity contribution is 7.98. The van der Waals surface area contributed by atoms with Crippen LogP contribution >= 0.6 is 23.4 Å². The van der Waals surface area contributed by atoms with E-state index in [-0.39, 0.29) is 0 Å². The van der Waals surface area contributed by atoms with E-state index >= 15 is 0 Å². The quantitative estimate of drug-likeness (QED) is 0.851. The van der Waals surface area contributed by atoms with Crippen LogP contribution in [-0.4, -0.2) is 11.5 Å². The largest absolute Gasteiger partial charge is 0.330 e. The Morgan fingerprint density at radius 2 is 1.89 bits per heavy atom. The lowest BCUT2D eigenvalue weighted by Crippen LogP contribution is -2.04. The molecule has 0 spiro atoms. The van der Waals surface area contributed by atoms with Gasteiger partial charge in [0.1, 0.15) is 0 Å².